The van der Waals surface area contributed by atoms with Crippen molar-refractivity contribution in [2.45, 2.75) is 20.0 Å². The third-order valence-corrected chi connectivity index (χ3v) is 3.93. The lowest BCUT2D eigenvalue weighted by molar-refractivity contribution is 0.185. The molecule has 0 saturated carbocycles. The highest BCUT2D eigenvalue weighted by atomic mass is 32.1. The number of aliphatic hydroxyl groups is 1. The summed E-state index contributed by atoms with van der Waals surface area (Å²) < 4.78 is 0. The maximum absolute atomic E-state index is 11.3. The van der Waals surface area contributed by atoms with Gasteiger partial charge in [0.15, 0.2) is 0 Å². The zero-order chi connectivity index (χ0) is 13.7. The first-order chi connectivity index (χ1) is 9.19. The number of rotatable bonds is 6. The Balaban J connectivity index is 2.08. The summed E-state index contributed by atoms with van der Waals surface area (Å²) in [4.78, 5) is 17.3. The molecule has 102 valence electrons. The van der Waals surface area contributed by atoms with Crippen LogP contribution in [0.25, 0.3) is 0 Å². The summed E-state index contributed by atoms with van der Waals surface area (Å²) in [5.74, 6) is 0. The van der Waals surface area contributed by atoms with Crippen LogP contribution in [0.3, 0.4) is 0 Å². The molecule has 0 saturated heterocycles. The average molecular weight is 278 g/mol. The van der Waals surface area contributed by atoms with E-state index in [1.165, 1.54) is 16.9 Å². The molecule has 0 unspecified atom stereocenters. The van der Waals surface area contributed by atoms with Gasteiger partial charge in [-0.25, -0.2) is 0 Å². The molecule has 0 spiro atoms. The lowest BCUT2D eigenvalue weighted by Gasteiger charge is -2.20. The number of benzene rings is 1. The molecule has 0 fully saturated rings. The second-order valence-corrected chi connectivity index (χ2v) is 5.55. The monoisotopic (exact) mass is 278 g/mol. The first kappa shape index (κ1) is 14.0. The standard InChI is InChI=1S/C14H18N2O2S/c1-11-13(19-14(18)15-11)10-16(7-8-17)9-12-5-3-2-4-6-12/h2-6,17H,7-10H2,1H3,(H,15,18). The van der Waals surface area contributed by atoms with Gasteiger partial charge in [-0.05, 0) is 12.5 Å². The van der Waals surface area contributed by atoms with E-state index in [0.717, 1.165) is 17.1 Å². The Morgan fingerprint density at radius 3 is 2.58 bits per heavy atom. The fourth-order valence-electron chi connectivity index (χ4n) is 1.99. The Hall–Kier alpha value is -1.43. The minimum absolute atomic E-state index is 0.0174. The fourth-order valence-corrected chi connectivity index (χ4v) is 2.87. The molecule has 5 heteroatoms. The Bertz CT molecular complexity index is 562. The fraction of sp³-hybridized carbons (Fsp3) is 0.357. The van der Waals surface area contributed by atoms with Crippen molar-refractivity contribution >= 4 is 11.3 Å². The van der Waals surface area contributed by atoms with Gasteiger partial charge in [0.25, 0.3) is 0 Å². The van der Waals surface area contributed by atoms with E-state index in [4.69, 9.17) is 5.11 Å². The molecule has 0 radical (unpaired) electrons. The highest BCUT2D eigenvalue weighted by Gasteiger charge is 2.11. The SMILES string of the molecule is Cc1[nH]c(=O)sc1CN(CCO)Cc1ccccc1. The number of aromatic amines is 1. The summed E-state index contributed by atoms with van der Waals surface area (Å²) in [6.45, 7) is 4.08. The van der Waals surface area contributed by atoms with E-state index in [-0.39, 0.29) is 11.5 Å². The van der Waals surface area contributed by atoms with E-state index in [1.54, 1.807) is 0 Å². The van der Waals surface area contributed by atoms with Crippen LogP contribution >= 0.6 is 11.3 Å². The molecule has 2 rings (SSSR count). The van der Waals surface area contributed by atoms with Crippen molar-refractivity contribution in [3.63, 3.8) is 0 Å². The molecule has 0 aliphatic rings. The molecule has 1 aromatic heterocycles. The first-order valence-electron chi connectivity index (χ1n) is 6.25. The Labute approximate surface area is 116 Å². The molecule has 0 aliphatic heterocycles. The van der Waals surface area contributed by atoms with Crippen LogP contribution in [0.1, 0.15) is 16.1 Å². The van der Waals surface area contributed by atoms with Gasteiger partial charge < -0.3 is 10.1 Å². The number of aromatic nitrogens is 1. The summed E-state index contributed by atoms with van der Waals surface area (Å²) in [7, 11) is 0. The molecular weight excluding hydrogens is 260 g/mol. The largest absolute Gasteiger partial charge is 0.395 e. The summed E-state index contributed by atoms with van der Waals surface area (Å²) in [6.07, 6.45) is 0. The zero-order valence-electron chi connectivity index (χ0n) is 10.9. The van der Waals surface area contributed by atoms with E-state index in [1.807, 2.05) is 25.1 Å². The lowest BCUT2D eigenvalue weighted by atomic mass is 10.2. The minimum atomic E-state index is -0.0174. The summed E-state index contributed by atoms with van der Waals surface area (Å²) in [5.41, 5.74) is 2.13. The zero-order valence-corrected chi connectivity index (χ0v) is 11.7. The minimum Gasteiger partial charge on any atom is -0.395 e. The molecule has 1 heterocycles. The number of nitrogens with one attached hydrogen (secondary N) is 1. The summed E-state index contributed by atoms with van der Waals surface area (Å²) in [5, 5.41) is 9.16. The van der Waals surface area contributed by atoms with Crippen LogP contribution in [-0.4, -0.2) is 28.1 Å². The third-order valence-electron chi connectivity index (χ3n) is 2.96. The van der Waals surface area contributed by atoms with Crippen molar-refractivity contribution in [1.29, 1.82) is 0 Å². The number of aliphatic hydroxyl groups excluding tert-OH is 1. The van der Waals surface area contributed by atoms with Gasteiger partial charge in [0.1, 0.15) is 0 Å². The van der Waals surface area contributed by atoms with Gasteiger partial charge in [0.05, 0.1) is 6.61 Å². The predicted molar refractivity (Wildman–Crippen MR) is 77.3 cm³/mol. The van der Waals surface area contributed by atoms with Crippen LogP contribution < -0.4 is 4.87 Å². The molecule has 0 aliphatic carbocycles. The van der Waals surface area contributed by atoms with Gasteiger partial charge in [-0.1, -0.05) is 41.7 Å². The van der Waals surface area contributed by atoms with E-state index in [9.17, 15) is 4.79 Å². The molecule has 0 bridgehead atoms. The molecule has 1 aromatic carbocycles. The van der Waals surface area contributed by atoms with Crippen molar-refractivity contribution in [2.24, 2.45) is 0 Å². The number of H-pyrrole nitrogens is 1. The Kier molecular flexibility index (Phi) is 4.90. The lowest BCUT2D eigenvalue weighted by Crippen LogP contribution is -2.26. The first-order valence-corrected chi connectivity index (χ1v) is 7.06. The number of hydrogen-bond acceptors (Lipinski definition) is 4. The molecule has 2 N–H and O–H groups in total. The Morgan fingerprint density at radius 1 is 1.26 bits per heavy atom. The van der Waals surface area contributed by atoms with E-state index < -0.39 is 0 Å². The van der Waals surface area contributed by atoms with Crippen molar-refractivity contribution in [1.82, 2.24) is 9.88 Å². The van der Waals surface area contributed by atoms with Crippen molar-refractivity contribution in [3.8, 4) is 0 Å². The van der Waals surface area contributed by atoms with Gasteiger partial charge in [-0.3, -0.25) is 9.69 Å². The molecule has 0 atom stereocenters. The van der Waals surface area contributed by atoms with Crippen LogP contribution in [-0.2, 0) is 13.1 Å². The topological polar surface area (TPSA) is 56.3 Å². The molecule has 19 heavy (non-hydrogen) atoms. The quantitative estimate of drug-likeness (QED) is 0.846. The van der Waals surface area contributed by atoms with Gasteiger partial charge in [-0.15, -0.1) is 0 Å². The number of thiazole rings is 1. The van der Waals surface area contributed by atoms with Gasteiger partial charge in [0.2, 0.25) is 0 Å². The van der Waals surface area contributed by atoms with Gasteiger partial charge in [-0.2, -0.15) is 0 Å². The van der Waals surface area contributed by atoms with Crippen molar-refractivity contribution < 1.29 is 5.11 Å². The summed E-state index contributed by atoms with van der Waals surface area (Å²) in [6, 6.07) is 10.1. The average Bonchev–Trinajstić information content (AvgIpc) is 2.69. The van der Waals surface area contributed by atoms with Crippen LogP contribution in [0.5, 0.6) is 0 Å². The second kappa shape index (κ2) is 6.65. The van der Waals surface area contributed by atoms with E-state index in [0.29, 0.717) is 13.1 Å². The van der Waals surface area contributed by atoms with E-state index in [2.05, 4.69) is 22.0 Å². The van der Waals surface area contributed by atoms with Crippen molar-refractivity contribution in [2.75, 3.05) is 13.2 Å². The predicted octanol–water partition coefficient (Wildman–Crippen LogP) is 1.74. The second-order valence-electron chi connectivity index (χ2n) is 4.48. The van der Waals surface area contributed by atoms with Crippen LogP contribution in [0.2, 0.25) is 0 Å². The highest BCUT2D eigenvalue weighted by molar-refractivity contribution is 7.09. The molecular formula is C14H18N2O2S. The van der Waals surface area contributed by atoms with E-state index >= 15 is 0 Å². The van der Waals surface area contributed by atoms with Gasteiger partial charge in [0, 0.05) is 30.2 Å². The molecule has 2 aromatic rings. The normalized spacial score (nSPS) is 11.1. The number of aryl methyl sites for hydroxylation is 1. The molecule has 4 nitrogen and oxygen atoms in total. The van der Waals surface area contributed by atoms with Crippen LogP contribution in [0, 0.1) is 6.92 Å². The maximum atomic E-state index is 11.3. The van der Waals surface area contributed by atoms with Crippen LogP contribution in [0.4, 0.5) is 0 Å². The Morgan fingerprint density at radius 2 is 2.00 bits per heavy atom. The third kappa shape index (κ3) is 4.02. The smallest absolute Gasteiger partial charge is 0.304 e. The van der Waals surface area contributed by atoms with Crippen molar-refractivity contribution in [3.05, 3.63) is 56.1 Å². The van der Waals surface area contributed by atoms with Crippen LogP contribution in [0.15, 0.2) is 35.1 Å². The maximum Gasteiger partial charge on any atom is 0.304 e. The highest BCUT2D eigenvalue weighted by Crippen LogP contribution is 2.14. The molecule has 0 amide bonds. The number of nitrogens with zero attached hydrogens (tertiary/aromatic N) is 1. The van der Waals surface area contributed by atoms with Gasteiger partial charge >= 0.3 is 4.87 Å². The summed E-state index contributed by atoms with van der Waals surface area (Å²) >= 11 is 1.24. The number of hydrogen-bond donors (Lipinski definition) is 2.